The predicted molar refractivity (Wildman–Crippen MR) is 102 cm³/mol. The van der Waals surface area contributed by atoms with Gasteiger partial charge < -0.3 is 20.7 Å². The number of rotatable bonds is 6. The summed E-state index contributed by atoms with van der Waals surface area (Å²) in [6, 6.07) is 13.5. The standard InChI is InChI=1S/C20H21N3O4/c1-2-27-17-9-7-16(8-10-17)23-12-14(11-18(23)24)20(26)22-15-5-3-13(4-6-15)19(21)25/h3-10,14H,2,11-12H2,1H3,(H2,21,25)(H,22,26)/t14-/m0/s1. The lowest BCUT2D eigenvalue weighted by Crippen LogP contribution is -2.28. The zero-order valence-corrected chi connectivity index (χ0v) is 15.0. The Morgan fingerprint density at radius 1 is 1.15 bits per heavy atom. The molecule has 1 aliphatic heterocycles. The number of ether oxygens (including phenoxy) is 1. The Morgan fingerprint density at radius 3 is 2.41 bits per heavy atom. The number of anilines is 2. The summed E-state index contributed by atoms with van der Waals surface area (Å²) in [4.78, 5) is 37.5. The van der Waals surface area contributed by atoms with E-state index in [0.717, 1.165) is 11.4 Å². The molecule has 3 rings (SSSR count). The molecule has 0 saturated carbocycles. The summed E-state index contributed by atoms with van der Waals surface area (Å²) >= 11 is 0. The number of primary amides is 1. The van der Waals surface area contributed by atoms with Crippen molar-refractivity contribution in [2.24, 2.45) is 11.7 Å². The van der Waals surface area contributed by atoms with Gasteiger partial charge in [-0.15, -0.1) is 0 Å². The van der Waals surface area contributed by atoms with Crippen molar-refractivity contribution >= 4 is 29.1 Å². The maximum Gasteiger partial charge on any atom is 0.248 e. The van der Waals surface area contributed by atoms with Gasteiger partial charge in [0.25, 0.3) is 0 Å². The van der Waals surface area contributed by atoms with Gasteiger partial charge in [0.15, 0.2) is 0 Å². The number of amides is 3. The molecule has 140 valence electrons. The molecule has 0 unspecified atom stereocenters. The molecule has 1 fully saturated rings. The highest BCUT2D eigenvalue weighted by Crippen LogP contribution is 2.27. The number of benzene rings is 2. The van der Waals surface area contributed by atoms with Crippen LogP contribution in [-0.2, 0) is 9.59 Å². The van der Waals surface area contributed by atoms with Gasteiger partial charge in [-0.25, -0.2) is 0 Å². The Hall–Kier alpha value is -3.35. The fraction of sp³-hybridized carbons (Fsp3) is 0.250. The van der Waals surface area contributed by atoms with E-state index in [1.165, 1.54) is 0 Å². The number of hydrogen-bond donors (Lipinski definition) is 2. The smallest absolute Gasteiger partial charge is 0.248 e. The molecule has 1 heterocycles. The van der Waals surface area contributed by atoms with Crippen molar-refractivity contribution in [1.29, 1.82) is 0 Å². The number of nitrogens with one attached hydrogen (secondary N) is 1. The summed E-state index contributed by atoms with van der Waals surface area (Å²) < 4.78 is 5.40. The van der Waals surface area contributed by atoms with Crippen LogP contribution in [0, 0.1) is 5.92 Å². The Labute approximate surface area is 157 Å². The fourth-order valence-corrected chi connectivity index (χ4v) is 2.98. The van der Waals surface area contributed by atoms with Crippen molar-refractivity contribution in [2.45, 2.75) is 13.3 Å². The fourth-order valence-electron chi connectivity index (χ4n) is 2.98. The van der Waals surface area contributed by atoms with E-state index >= 15 is 0 Å². The van der Waals surface area contributed by atoms with Crippen LogP contribution in [0.25, 0.3) is 0 Å². The van der Waals surface area contributed by atoms with Gasteiger partial charge in [-0.3, -0.25) is 14.4 Å². The van der Waals surface area contributed by atoms with Gasteiger partial charge in [0.1, 0.15) is 5.75 Å². The molecule has 1 atom stereocenters. The quantitative estimate of drug-likeness (QED) is 0.817. The topological polar surface area (TPSA) is 102 Å². The number of hydrogen-bond acceptors (Lipinski definition) is 4. The first-order valence-corrected chi connectivity index (χ1v) is 8.72. The highest BCUT2D eigenvalue weighted by atomic mass is 16.5. The molecular formula is C20H21N3O4. The van der Waals surface area contributed by atoms with Crippen LogP contribution in [0.5, 0.6) is 5.75 Å². The highest BCUT2D eigenvalue weighted by molar-refractivity contribution is 6.03. The Morgan fingerprint density at radius 2 is 1.81 bits per heavy atom. The Kier molecular flexibility index (Phi) is 5.40. The molecule has 0 aliphatic carbocycles. The zero-order chi connectivity index (χ0) is 19.4. The van der Waals surface area contributed by atoms with Crippen LogP contribution in [0.1, 0.15) is 23.7 Å². The van der Waals surface area contributed by atoms with Crippen molar-refractivity contribution in [3.8, 4) is 5.75 Å². The second kappa shape index (κ2) is 7.90. The molecule has 3 N–H and O–H groups in total. The molecule has 3 amide bonds. The molecule has 0 spiro atoms. The molecular weight excluding hydrogens is 346 g/mol. The summed E-state index contributed by atoms with van der Waals surface area (Å²) in [5.74, 6) is -0.561. The summed E-state index contributed by atoms with van der Waals surface area (Å²) in [6.45, 7) is 2.80. The average Bonchev–Trinajstić information content (AvgIpc) is 3.05. The molecule has 7 heteroatoms. The highest BCUT2D eigenvalue weighted by Gasteiger charge is 2.35. The number of nitrogens with zero attached hydrogens (tertiary/aromatic N) is 1. The molecule has 2 aromatic carbocycles. The van der Waals surface area contributed by atoms with Crippen molar-refractivity contribution in [3.63, 3.8) is 0 Å². The van der Waals surface area contributed by atoms with E-state index in [1.807, 2.05) is 19.1 Å². The van der Waals surface area contributed by atoms with Crippen molar-refractivity contribution < 1.29 is 19.1 Å². The lowest BCUT2D eigenvalue weighted by atomic mass is 10.1. The lowest BCUT2D eigenvalue weighted by Gasteiger charge is -2.17. The van der Waals surface area contributed by atoms with E-state index in [-0.39, 0.29) is 18.2 Å². The monoisotopic (exact) mass is 367 g/mol. The molecule has 1 aliphatic rings. The molecule has 1 saturated heterocycles. The van der Waals surface area contributed by atoms with Gasteiger partial charge >= 0.3 is 0 Å². The normalized spacial score (nSPS) is 16.3. The second-order valence-electron chi connectivity index (χ2n) is 6.26. The third kappa shape index (κ3) is 4.25. The summed E-state index contributed by atoms with van der Waals surface area (Å²) in [5.41, 5.74) is 6.86. The van der Waals surface area contributed by atoms with Crippen LogP contribution < -0.4 is 20.7 Å². The first kappa shape index (κ1) is 18.4. The molecule has 0 bridgehead atoms. The number of carbonyl (C=O) groups excluding carboxylic acids is 3. The van der Waals surface area contributed by atoms with E-state index in [2.05, 4.69) is 5.32 Å². The third-order valence-corrected chi connectivity index (χ3v) is 4.39. The Balaban J connectivity index is 1.63. The largest absolute Gasteiger partial charge is 0.494 e. The maximum absolute atomic E-state index is 12.5. The average molecular weight is 367 g/mol. The minimum absolute atomic E-state index is 0.0941. The molecule has 0 aromatic heterocycles. The van der Waals surface area contributed by atoms with Gasteiger partial charge in [-0.1, -0.05) is 0 Å². The number of nitrogens with two attached hydrogens (primary N) is 1. The van der Waals surface area contributed by atoms with Crippen LogP contribution in [0.15, 0.2) is 48.5 Å². The predicted octanol–water partition coefficient (Wildman–Crippen LogP) is 2.18. The zero-order valence-electron chi connectivity index (χ0n) is 15.0. The SMILES string of the molecule is CCOc1ccc(N2C[C@@H](C(=O)Nc3ccc(C(N)=O)cc3)CC2=O)cc1. The number of carbonyl (C=O) groups is 3. The molecule has 2 aromatic rings. The third-order valence-electron chi connectivity index (χ3n) is 4.39. The van der Waals surface area contributed by atoms with Gasteiger partial charge in [0, 0.05) is 29.9 Å². The van der Waals surface area contributed by atoms with Crippen LogP contribution in [-0.4, -0.2) is 30.9 Å². The first-order valence-electron chi connectivity index (χ1n) is 8.72. The summed E-state index contributed by atoms with van der Waals surface area (Å²) in [6.07, 6.45) is 0.151. The van der Waals surface area contributed by atoms with E-state index < -0.39 is 11.8 Å². The first-order chi connectivity index (χ1) is 13.0. The van der Waals surface area contributed by atoms with E-state index in [0.29, 0.717) is 24.4 Å². The van der Waals surface area contributed by atoms with Crippen molar-refractivity contribution in [2.75, 3.05) is 23.4 Å². The van der Waals surface area contributed by atoms with Gasteiger partial charge in [-0.05, 0) is 55.5 Å². The van der Waals surface area contributed by atoms with Crippen LogP contribution in [0.3, 0.4) is 0 Å². The van der Waals surface area contributed by atoms with Crippen molar-refractivity contribution in [1.82, 2.24) is 0 Å². The minimum atomic E-state index is -0.528. The second-order valence-corrected chi connectivity index (χ2v) is 6.26. The van der Waals surface area contributed by atoms with E-state index in [4.69, 9.17) is 10.5 Å². The van der Waals surface area contributed by atoms with Crippen molar-refractivity contribution in [3.05, 3.63) is 54.1 Å². The molecule has 7 nitrogen and oxygen atoms in total. The molecule has 27 heavy (non-hydrogen) atoms. The maximum atomic E-state index is 12.5. The van der Waals surface area contributed by atoms with Gasteiger partial charge in [0.2, 0.25) is 17.7 Å². The Bertz CT molecular complexity index is 847. The van der Waals surface area contributed by atoms with E-state index in [9.17, 15) is 14.4 Å². The minimum Gasteiger partial charge on any atom is -0.494 e. The van der Waals surface area contributed by atoms with Crippen LogP contribution in [0.2, 0.25) is 0 Å². The van der Waals surface area contributed by atoms with Gasteiger partial charge in [-0.2, -0.15) is 0 Å². The van der Waals surface area contributed by atoms with Gasteiger partial charge in [0.05, 0.1) is 12.5 Å². The molecule has 0 radical (unpaired) electrons. The lowest BCUT2D eigenvalue weighted by molar-refractivity contribution is -0.122. The summed E-state index contributed by atoms with van der Waals surface area (Å²) in [5, 5.41) is 2.78. The summed E-state index contributed by atoms with van der Waals surface area (Å²) in [7, 11) is 0. The van der Waals surface area contributed by atoms with Crippen LogP contribution >= 0.6 is 0 Å². The van der Waals surface area contributed by atoms with E-state index in [1.54, 1.807) is 41.3 Å². The van der Waals surface area contributed by atoms with Crippen LogP contribution in [0.4, 0.5) is 11.4 Å².